The van der Waals surface area contributed by atoms with E-state index in [0.717, 1.165) is 31.2 Å². The van der Waals surface area contributed by atoms with Crippen molar-refractivity contribution in [1.29, 1.82) is 0 Å². The number of carbonyl (C=O) groups is 2. The van der Waals surface area contributed by atoms with Gasteiger partial charge in [0.2, 0.25) is 0 Å². The zero-order valence-electron chi connectivity index (χ0n) is 17.0. The van der Waals surface area contributed by atoms with E-state index in [9.17, 15) is 9.59 Å². The second-order valence-corrected chi connectivity index (χ2v) is 8.63. The van der Waals surface area contributed by atoms with Gasteiger partial charge >= 0.3 is 0 Å². The molecule has 27 heavy (non-hydrogen) atoms. The summed E-state index contributed by atoms with van der Waals surface area (Å²) in [7, 11) is 1.61. The van der Waals surface area contributed by atoms with Crippen molar-refractivity contribution in [2.45, 2.75) is 84.0 Å². The average molecular weight is 371 g/mol. The number of ketones is 2. The first kappa shape index (κ1) is 20.1. The number of benzene rings is 1. The van der Waals surface area contributed by atoms with Crippen LogP contribution in [0.4, 0.5) is 0 Å². The van der Waals surface area contributed by atoms with Gasteiger partial charge in [0.15, 0.2) is 11.6 Å². The Morgan fingerprint density at radius 2 is 1.30 bits per heavy atom. The molecule has 2 saturated carbocycles. The first-order valence-electron chi connectivity index (χ1n) is 10.8. The van der Waals surface area contributed by atoms with E-state index in [2.05, 4.69) is 0 Å². The van der Waals surface area contributed by atoms with Crippen molar-refractivity contribution >= 4 is 11.6 Å². The van der Waals surface area contributed by atoms with Crippen molar-refractivity contribution in [1.82, 2.24) is 0 Å². The molecule has 148 valence electrons. The molecule has 0 aromatic heterocycles. The summed E-state index contributed by atoms with van der Waals surface area (Å²) >= 11 is 0. The van der Waals surface area contributed by atoms with Gasteiger partial charge in [0.1, 0.15) is 5.75 Å². The minimum atomic E-state index is 0.130. The maximum absolute atomic E-state index is 13.0. The molecule has 0 amide bonds. The highest BCUT2D eigenvalue weighted by molar-refractivity contribution is 6.04. The number of hydrogen-bond acceptors (Lipinski definition) is 3. The van der Waals surface area contributed by atoms with Gasteiger partial charge in [-0.1, -0.05) is 64.2 Å². The molecule has 0 aliphatic heterocycles. The summed E-state index contributed by atoms with van der Waals surface area (Å²) in [5.74, 6) is 1.93. The van der Waals surface area contributed by atoms with Crippen molar-refractivity contribution in [3.05, 3.63) is 28.8 Å². The lowest BCUT2D eigenvalue weighted by Crippen LogP contribution is -2.16. The molecular formula is C24H34O3. The lowest BCUT2D eigenvalue weighted by atomic mass is 9.83. The van der Waals surface area contributed by atoms with Crippen LogP contribution in [-0.4, -0.2) is 18.7 Å². The fourth-order valence-corrected chi connectivity index (χ4v) is 4.90. The number of methoxy groups -OCH3 is 1. The van der Waals surface area contributed by atoms with Gasteiger partial charge in [-0.3, -0.25) is 9.59 Å². The number of rotatable bonds is 7. The third-order valence-electron chi connectivity index (χ3n) is 6.54. The summed E-state index contributed by atoms with van der Waals surface area (Å²) in [6, 6.07) is 3.70. The SMILES string of the molecule is COc1cc(C)c(C(=O)CC2CCCCC2)cc1C(=O)CC1CCCCC1. The largest absolute Gasteiger partial charge is 0.496 e. The smallest absolute Gasteiger partial charge is 0.166 e. The molecule has 0 unspecified atom stereocenters. The summed E-state index contributed by atoms with van der Waals surface area (Å²) in [6.07, 6.45) is 13.3. The van der Waals surface area contributed by atoms with E-state index in [1.54, 1.807) is 7.11 Å². The van der Waals surface area contributed by atoms with Gasteiger partial charge in [0, 0.05) is 18.4 Å². The highest BCUT2D eigenvalue weighted by atomic mass is 16.5. The van der Waals surface area contributed by atoms with Crippen LogP contribution in [0, 0.1) is 18.8 Å². The molecule has 0 spiro atoms. The van der Waals surface area contributed by atoms with Crippen LogP contribution in [0.5, 0.6) is 5.75 Å². The summed E-state index contributed by atoms with van der Waals surface area (Å²) in [4.78, 5) is 25.9. The minimum Gasteiger partial charge on any atom is -0.496 e. The molecular weight excluding hydrogens is 336 g/mol. The third kappa shape index (κ3) is 5.21. The Morgan fingerprint density at radius 1 is 0.815 bits per heavy atom. The minimum absolute atomic E-state index is 0.130. The molecule has 0 heterocycles. The summed E-state index contributed by atoms with van der Waals surface area (Å²) in [5.41, 5.74) is 2.23. The van der Waals surface area contributed by atoms with E-state index in [0.29, 0.717) is 41.6 Å². The van der Waals surface area contributed by atoms with Crippen molar-refractivity contribution in [2.24, 2.45) is 11.8 Å². The molecule has 2 aliphatic rings. The van der Waals surface area contributed by atoms with Gasteiger partial charge in [-0.2, -0.15) is 0 Å². The Bertz CT molecular complexity index is 664. The predicted molar refractivity (Wildman–Crippen MR) is 109 cm³/mol. The molecule has 1 aromatic carbocycles. The topological polar surface area (TPSA) is 43.4 Å². The van der Waals surface area contributed by atoms with Crippen molar-refractivity contribution < 1.29 is 14.3 Å². The Labute approximate surface area is 163 Å². The van der Waals surface area contributed by atoms with Gasteiger partial charge in [-0.25, -0.2) is 0 Å². The van der Waals surface area contributed by atoms with Gasteiger partial charge < -0.3 is 4.74 Å². The van der Waals surface area contributed by atoms with Crippen molar-refractivity contribution in [3.8, 4) is 5.75 Å². The van der Waals surface area contributed by atoms with Crippen molar-refractivity contribution in [2.75, 3.05) is 7.11 Å². The molecule has 2 aliphatic carbocycles. The van der Waals surface area contributed by atoms with Crippen LogP contribution in [0.3, 0.4) is 0 Å². The Morgan fingerprint density at radius 3 is 1.78 bits per heavy atom. The normalized spacial score (nSPS) is 19.0. The first-order valence-corrected chi connectivity index (χ1v) is 10.8. The third-order valence-corrected chi connectivity index (χ3v) is 6.54. The molecule has 0 N–H and O–H groups in total. The standard InChI is InChI=1S/C24H34O3/c1-17-13-24(27-2)21(23(26)15-19-11-7-4-8-12-19)16-20(17)22(25)14-18-9-5-3-6-10-18/h13,16,18-19H,3-12,14-15H2,1-2H3. The van der Waals surface area contributed by atoms with Gasteiger partial charge in [0.25, 0.3) is 0 Å². The molecule has 0 radical (unpaired) electrons. The van der Waals surface area contributed by atoms with Gasteiger partial charge in [-0.05, 0) is 36.5 Å². The predicted octanol–water partition coefficient (Wildman–Crippen LogP) is 6.31. The molecule has 3 rings (SSSR count). The lowest BCUT2D eigenvalue weighted by molar-refractivity contribution is 0.0947. The van der Waals surface area contributed by atoms with E-state index >= 15 is 0 Å². The van der Waals surface area contributed by atoms with E-state index in [4.69, 9.17) is 4.74 Å². The van der Waals surface area contributed by atoms with E-state index < -0.39 is 0 Å². The van der Waals surface area contributed by atoms with Gasteiger partial charge in [0.05, 0.1) is 12.7 Å². The van der Waals surface area contributed by atoms with E-state index in [1.807, 2.05) is 19.1 Å². The van der Waals surface area contributed by atoms with E-state index in [-0.39, 0.29) is 11.6 Å². The van der Waals surface area contributed by atoms with Crippen LogP contribution in [0.15, 0.2) is 12.1 Å². The maximum Gasteiger partial charge on any atom is 0.166 e. The number of carbonyl (C=O) groups excluding carboxylic acids is 2. The van der Waals surface area contributed by atoms with Crippen molar-refractivity contribution in [3.63, 3.8) is 0 Å². The van der Waals surface area contributed by atoms with Gasteiger partial charge in [-0.15, -0.1) is 0 Å². The second kappa shape index (κ2) is 9.52. The highest BCUT2D eigenvalue weighted by Crippen LogP contribution is 2.32. The zero-order valence-corrected chi connectivity index (χ0v) is 17.0. The monoisotopic (exact) mass is 370 g/mol. The van der Waals surface area contributed by atoms with Crippen LogP contribution in [0.2, 0.25) is 0 Å². The lowest BCUT2D eigenvalue weighted by Gasteiger charge is -2.22. The number of hydrogen-bond donors (Lipinski definition) is 0. The average Bonchev–Trinajstić information content (AvgIpc) is 2.69. The number of ether oxygens (including phenoxy) is 1. The highest BCUT2D eigenvalue weighted by Gasteiger charge is 2.24. The molecule has 3 heteroatoms. The Hall–Kier alpha value is -1.64. The summed E-state index contributed by atoms with van der Waals surface area (Å²) < 4.78 is 5.49. The Kier molecular flexibility index (Phi) is 7.09. The number of aryl methyl sites for hydroxylation is 1. The first-order chi connectivity index (χ1) is 13.1. The fraction of sp³-hybridized carbons (Fsp3) is 0.667. The number of Topliss-reactive ketones (excluding diaryl/α,β-unsaturated/α-hetero) is 2. The molecule has 0 bridgehead atoms. The Balaban J connectivity index is 1.77. The molecule has 1 aromatic rings. The summed E-state index contributed by atoms with van der Waals surface area (Å²) in [6.45, 7) is 1.95. The molecule has 3 nitrogen and oxygen atoms in total. The molecule has 0 atom stereocenters. The molecule has 2 fully saturated rings. The van der Waals surface area contributed by atoms with Crippen LogP contribution in [0.1, 0.15) is 103 Å². The fourth-order valence-electron chi connectivity index (χ4n) is 4.90. The van der Waals surface area contributed by atoms with Crippen LogP contribution in [-0.2, 0) is 0 Å². The quantitative estimate of drug-likeness (QED) is 0.528. The van der Waals surface area contributed by atoms with Crippen LogP contribution in [0.25, 0.3) is 0 Å². The summed E-state index contributed by atoms with van der Waals surface area (Å²) in [5, 5.41) is 0. The van der Waals surface area contributed by atoms with Crippen LogP contribution >= 0.6 is 0 Å². The van der Waals surface area contributed by atoms with Crippen LogP contribution < -0.4 is 4.74 Å². The second-order valence-electron chi connectivity index (χ2n) is 8.63. The maximum atomic E-state index is 13.0. The molecule has 0 saturated heterocycles. The van der Waals surface area contributed by atoms with E-state index in [1.165, 1.54) is 38.5 Å². The zero-order chi connectivity index (χ0) is 19.2.